The lowest BCUT2D eigenvalue weighted by molar-refractivity contribution is -0.122. The number of hydrogen-bond donors (Lipinski definition) is 2. The van der Waals surface area contributed by atoms with Crippen LogP contribution >= 0.6 is 0 Å². The normalized spacial score (nSPS) is 15.2. The predicted octanol–water partition coefficient (Wildman–Crippen LogP) is 4.46. The van der Waals surface area contributed by atoms with Crippen molar-refractivity contribution in [1.82, 2.24) is 9.97 Å². The Morgan fingerprint density at radius 3 is 2.62 bits per heavy atom. The van der Waals surface area contributed by atoms with Crippen molar-refractivity contribution in [3.63, 3.8) is 0 Å². The van der Waals surface area contributed by atoms with Gasteiger partial charge in [-0.3, -0.25) is 4.79 Å². The third-order valence-corrected chi connectivity index (χ3v) is 6.34. The fourth-order valence-electron chi connectivity index (χ4n) is 4.47. The summed E-state index contributed by atoms with van der Waals surface area (Å²) >= 11 is 0. The van der Waals surface area contributed by atoms with E-state index in [0.717, 1.165) is 22.7 Å². The fraction of sp³-hybridized carbons (Fsp3) is 0.400. The number of halogens is 3. The number of alkyl halides is 2. The van der Waals surface area contributed by atoms with Crippen LogP contribution in [0.25, 0.3) is 10.9 Å². The number of nitrogens with one attached hydrogen (secondary N) is 1. The van der Waals surface area contributed by atoms with Crippen molar-refractivity contribution in [1.29, 1.82) is 0 Å². The number of nitrogens with zero attached hydrogens (tertiary/aromatic N) is 3. The highest BCUT2D eigenvalue weighted by molar-refractivity contribution is 6.10. The molecular formula is C25H27F3N4O2. The smallest absolute Gasteiger partial charge is 0.298 e. The molecule has 1 aliphatic rings. The minimum Gasteiger partial charge on any atom is -0.390 e. The molecule has 1 aromatic heterocycles. The minimum absolute atomic E-state index is 0.0227. The first kappa shape index (κ1) is 23.9. The molecule has 180 valence electrons. The van der Waals surface area contributed by atoms with Crippen LogP contribution in [0.5, 0.6) is 0 Å². The highest BCUT2D eigenvalue weighted by Crippen LogP contribution is 2.44. The van der Waals surface area contributed by atoms with Crippen LogP contribution in [-0.4, -0.2) is 40.7 Å². The molecule has 0 bridgehead atoms. The number of amides is 1. The molecule has 0 spiro atoms. The van der Waals surface area contributed by atoms with Crippen LogP contribution in [0.2, 0.25) is 0 Å². The molecule has 2 aromatic carbocycles. The van der Waals surface area contributed by atoms with Crippen LogP contribution in [-0.2, 0) is 22.6 Å². The number of aliphatic hydroxyl groups is 1. The van der Waals surface area contributed by atoms with Crippen molar-refractivity contribution in [2.75, 3.05) is 29.9 Å². The molecule has 0 saturated heterocycles. The Morgan fingerprint density at radius 1 is 1.21 bits per heavy atom. The van der Waals surface area contributed by atoms with Gasteiger partial charge < -0.3 is 15.3 Å². The van der Waals surface area contributed by atoms with Crippen molar-refractivity contribution >= 4 is 28.3 Å². The van der Waals surface area contributed by atoms with E-state index in [2.05, 4.69) is 15.3 Å². The Balaban J connectivity index is 1.65. The van der Waals surface area contributed by atoms with Gasteiger partial charge in [-0.25, -0.2) is 14.4 Å². The number of hydrogen-bond acceptors (Lipinski definition) is 5. The second-order valence-corrected chi connectivity index (χ2v) is 9.00. The van der Waals surface area contributed by atoms with E-state index in [0.29, 0.717) is 23.7 Å². The quantitative estimate of drug-likeness (QED) is 0.531. The van der Waals surface area contributed by atoms with E-state index in [1.54, 1.807) is 11.8 Å². The molecule has 1 aliphatic heterocycles. The summed E-state index contributed by atoms with van der Waals surface area (Å²) in [6, 6.07) is 7.58. The molecule has 0 atom stereocenters. The zero-order chi connectivity index (χ0) is 24.8. The van der Waals surface area contributed by atoms with E-state index in [4.69, 9.17) is 5.11 Å². The van der Waals surface area contributed by atoms with Gasteiger partial charge in [0.2, 0.25) is 5.91 Å². The molecule has 0 aliphatic carbocycles. The van der Waals surface area contributed by atoms with Gasteiger partial charge in [0, 0.05) is 18.5 Å². The number of benzene rings is 2. The van der Waals surface area contributed by atoms with E-state index in [9.17, 15) is 18.0 Å². The van der Waals surface area contributed by atoms with Crippen LogP contribution in [0.3, 0.4) is 0 Å². The summed E-state index contributed by atoms with van der Waals surface area (Å²) in [5.74, 6) is -3.60. The number of likely N-dealkylation sites (N-methyl/N-ethyl adjacent to an activating group) is 1. The summed E-state index contributed by atoms with van der Waals surface area (Å²) in [7, 11) is 0. The van der Waals surface area contributed by atoms with Gasteiger partial charge in [-0.05, 0) is 63.4 Å². The fourth-order valence-corrected chi connectivity index (χ4v) is 4.47. The van der Waals surface area contributed by atoms with E-state index < -0.39 is 29.3 Å². The third kappa shape index (κ3) is 3.87. The Morgan fingerprint density at radius 2 is 1.94 bits per heavy atom. The topological polar surface area (TPSA) is 78.4 Å². The molecule has 2 N–H and O–H groups in total. The van der Waals surface area contributed by atoms with Crippen LogP contribution in [0.15, 0.2) is 30.3 Å². The van der Waals surface area contributed by atoms with E-state index >= 15 is 0 Å². The number of anilines is 2. The standard InChI is InChI=1S/C25H27F3N4O2/c1-5-32-20-12-19-16(11-18(20)24(3,4)23(32)34)22(31-14(2)30-19)29-10-9-15-7-6-8-17(21(15)26)25(27,28)13-33/h6-8,11-12,33H,5,9-10,13H2,1-4H3,(H,29,30,31). The summed E-state index contributed by atoms with van der Waals surface area (Å²) in [5, 5.41) is 12.8. The van der Waals surface area contributed by atoms with Gasteiger partial charge in [0.15, 0.2) is 0 Å². The number of rotatable bonds is 7. The lowest BCUT2D eigenvalue weighted by Crippen LogP contribution is -2.35. The molecule has 34 heavy (non-hydrogen) atoms. The third-order valence-electron chi connectivity index (χ3n) is 6.34. The molecule has 1 amide bonds. The van der Waals surface area contributed by atoms with Crippen molar-refractivity contribution in [2.45, 2.75) is 45.5 Å². The molecular weight excluding hydrogens is 445 g/mol. The maximum Gasteiger partial charge on any atom is 0.298 e. The van der Waals surface area contributed by atoms with E-state index in [1.807, 2.05) is 32.9 Å². The van der Waals surface area contributed by atoms with Crippen molar-refractivity contribution in [2.24, 2.45) is 0 Å². The molecule has 4 rings (SSSR count). The molecule has 0 unspecified atom stereocenters. The van der Waals surface area contributed by atoms with Gasteiger partial charge in [0.1, 0.15) is 24.1 Å². The van der Waals surface area contributed by atoms with Gasteiger partial charge >= 0.3 is 0 Å². The molecule has 0 radical (unpaired) electrons. The highest BCUT2D eigenvalue weighted by Gasteiger charge is 2.43. The van der Waals surface area contributed by atoms with E-state index in [1.165, 1.54) is 12.1 Å². The van der Waals surface area contributed by atoms with Gasteiger partial charge in [-0.2, -0.15) is 8.78 Å². The molecule has 6 nitrogen and oxygen atoms in total. The average molecular weight is 473 g/mol. The largest absolute Gasteiger partial charge is 0.390 e. The number of carbonyl (C=O) groups is 1. The molecule has 2 heterocycles. The lowest BCUT2D eigenvalue weighted by atomic mass is 9.85. The minimum atomic E-state index is -3.65. The summed E-state index contributed by atoms with van der Waals surface area (Å²) in [4.78, 5) is 23.7. The van der Waals surface area contributed by atoms with Gasteiger partial charge in [-0.15, -0.1) is 0 Å². The van der Waals surface area contributed by atoms with Crippen LogP contribution < -0.4 is 10.2 Å². The molecule has 9 heteroatoms. The van der Waals surface area contributed by atoms with Crippen molar-refractivity contribution in [3.8, 4) is 0 Å². The Kier molecular flexibility index (Phi) is 6.01. The maximum atomic E-state index is 14.7. The Bertz CT molecular complexity index is 1280. The average Bonchev–Trinajstić information content (AvgIpc) is 2.97. The summed E-state index contributed by atoms with van der Waals surface area (Å²) in [5.41, 5.74) is 0.986. The second-order valence-electron chi connectivity index (χ2n) is 9.00. The number of fused-ring (bicyclic) bond motifs is 2. The summed E-state index contributed by atoms with van der Waals surface area (Å²) < 4.78 is 42.3. The Labute approximate surface area is 195 Å². The Hall–Kier alpha value is -3.20. The second kappa shape index (κ2) is 8.54. The number of aliphatic hydroxyl groups excluding tert-OH is 1. The van der Waals surface area contributed by atoms with Gasteiger partial charge in [0.05, 0.1) is 22.2 Å². The van der Waals surface area contributed by atoms with Crippen LogP contribution in [0, 0.1) is 12.7 Å². The van der Waals surface area contributed by atoms with Crippen LogP contribution in [0.1, 0.15) is 43.3 Å². The summed E-state index contributed by atoms with van der Waals surface area (Å²) in [6.45, 7) is 6.77. The van der Waals surface area contributed by atoms with Gasteiger partial charge in [-0.1, -0.05) is 12.1 Å². The molecule has 3 aromatic rings. The molecule has 0 fully saturated rings. The first-order valence-electron chi connectivity index (χ1n) is 11.2. The number of aromatic nitrogens is 2. The first-order chi connectivity index (χ1) is 16.0. The van der Waals surface area contributed by atoms with Gasteiger partial charge in [0.25, 0.3) is 5.92 Å². The van der Waals surface area contributed by atoms with Crippen molar-refractivity contribution < 1.29 is 23.1 Å². The highest BCUT2D eigenvalue weighted by atomic mass is 19.3. The summed E-state index contributed by atoms with van der Waals surface area (Å²) in [6.07, 6.45) is 0.129. The monoisotopic (exact) mass is 472 g/mol. The van der Waals surface area contributed by atoms with Crippen LogP contribution in [0.4, 0.5) is 24.7 Å². The zero-order valence-corrected chi connectivity index (χ0v) is 19.5. The lowest BCUT2D eigenvalue weighted by Gasteiger charge is -2.18. The number of carbonyl (C=O) groups excluding carboxylic acids is 1. The number of aryl methyl sites for hydroxylation is 1. The SMILES string of the molecule is CCN1C(=O)C(C)(C)c2cc3c(NCCc4cccc(C(F)(F)CO)c4F)nc(C)nc3cc21. The van der Waals surface area contributed by atoms with E-state index in [-0.39, 0.29) is 24.4 Å². The predicted molar refractivity (Wildman–Crippen MR) is 125 cm³/mol. The maximum absolute atomic E-state index is 14.7. The van der Waals surface area contributed by atoms with Crippen molar-refractivity contribution in [3.05, 3.63) is 58.7 Å². The molecule has 0 saturated carbocycles. The zero-order valence-electron chi connectivity index (χ0n) is 19.5. The first-order valence-corrected chi connectivity index (χ1v) is 11.2.